The average Bonchev–Trinajstić information content (AvgIpc) is 2.71. The number of nitrogens with zero attached hydrogens (tertiary/aromatic N) is 1. The summed E-state index contributed by atoms with van der Waals surface area (Å²) >= 11 is 0. The molecule has 0 radical (unpaired) electrons. The summed E-state index contributed by atoms with van der Waals surface area (Å²) in [5, 5.41) is 0. The zero-order valence-corrected chi connectivity index (χ0v) is 8.97. The minimum atomic E-state index is 0. The summed E-state index contributed by atoms with van der Waals surface area (Å²) in [7, 11) is 0. The van der Waals surface area contributed by atoms with Crippen LogP contribution in [0.2, 0.25) is 0 Å². The molecule has 0 atom stereocenters. The van der Waals surface area contributed by atoms with Gasteiger partial charge in [-0.15, -0.1) is 0 Å². The molecule has 0 spiro atoms. The third-order valence-electron chi connectivity index (χ3n) is 2.30. The van der Waals surface area contributed by atoms with Crippen LogP contribution in [0.1, 0.15) is 25.7 Å². The van der Waals surface area contributed by atoms with E-state index in [9.17, 15) is 0 Å². The van der Waals surface area contributed by atoms with E-state index in [0.717, 1.165) is 6.04 Å². The first-order valence-electron chi connectivity index (χ1n) is 4.02. The quantitative estimate of drug-likeness (QED) is 0.419. The van der Waals surface area contributed by atoms with Crippen LogP contribution in [-0.4, -0.2) is 47.1 Å². The predicted molar refractivity (Wildman–Crippen MR) is 50.3 cm³/mol. The second kappa shape index (κ2) is 5.39. The van der Waals surface area contributed by atoms with Gasteiger partial charge in [0, 0.05) is 6.04 Å². The van der Waals surface area contributed by atoms with Gasteiger partial charge in [-0.05, 0) is 25.9 Å². The van der Waals surface area contributed by atoms with Crippen molar-refractivity contribution in [3.8, 4) is 0 Å². The molecular weight excluding hydrogens is 146 g/mol. The summed E-state index contributed by atoms with van der Waals surface area (Å²) in [6.45, 7) is 2.68. The van der Waals surface area contributed by atoms with Crippen LogP contribution in [0.4, 0.5) is 0 Å². The molecule has 2 fully saturated rings. The fourth-order valence-electron chi connectivity index (χ4n) is 1.58. The molecular formula is C9H17MgN. The van der Waals surface area contributed by atoms with Crippen LogP contribution in [0.25, 0.3) is 0 Å². The molecule has 1 aliphatic heterocycles. The zero-order chi connectivity index (χ0) is 6.10. The number of likely N-dealkylation sites (tertiary alicyclic amines) is 1. The number of piperidine rings is 1. The van der Waals surface area contributed by atoms with Crippen LogP contribution in [0, 0.1) is 13.8 Å². The first-order valence-corrected chi connectivity index (χ1v) is 4.02. The molecule has 0 N–H and O–H groups in total. The standard InChI is InChI=1S/C8H14N.CH3.Mg/c1-2-6-9(7-3-1)8-4-5-8;;/h1,8H,2-7H2;1H3;/q2*-1;+2. The zero-order valence-electron chi connectivity index (χ0n) is 7.55. The summed E-state index contributed by atoms with van der Waals surface area (Å²) in [4.78, 5) is 2.64. The fourth-order valence-corrected chi connectivity index (χ4v) is 1.58. The van der Waals surface area contributed by atoms with Crippen molar-refractivity contribution in [1.29, 1.82) is 0 Å². The van der Waals surface area contributed by atoms with Gasteiger partial charge in [0.1, 0.15) is 0 Å². The van der Waals surface area contributed by atoms with Gasteiger partial charge in [0.25, 0.3) is 0 Å². The van der Waals surface area contributed by atoms with Gasteiger partial charge in [0.15, 0.2) is 0 Å². The molecule has 0 amide bonds. The summed E-state index contributed by atoms with van der Waals surface area (Å²) in [6.07, 6.45) is 8.02. The molecule has 1 saturated heterocycles. The fraction of sp³-hybridized carbons (Fsp3) is 0.778. The minimum Gasteiger partial charge on any atom is -0.358 e. The van der Waals surface area contributed by atoms with E-state index in [0.29, 0.717) is 0 Å². The summed E-state index contributed by atoms with van der Waals surface area (Å²) in [5.41, 5.74) is 0. The molecule has 0 aromatic rings. The Kier molecular flexibility index (Phi) is 5.74. The van der Waals surface area contributed by atoms with Gasteiger partial charge in [0.2, 0.25) is 0 Å². The van der Waals surface area contributed by atoms with E-state index in [1.807, 2.05) is 0 Å². The first-order chi connectivity index (χ1) is 4.47. The topological polar surface area (TPSA) is 3.24 Å². The monoisotopic (exact) mass is 163 g/mol. The van der Waals surface area contributed by atoms with Crippen molar-refractivity contribution in [3.05, 3.63) is 13.8 Å². The van der Waals surface area contributed by atoms with Gasteiger partial charge in [-0.2, -0.15) is 12.8 Å². The predicted octanol–water partition coefficient (Wildman–Crippen LogP) is 1.52. The summed E-state index contributed by atoms with van der Waals surface area (Å²) < 4.78 is 0. The molecule has 1 heterocycles. The van der Waals surface area contributed by atoms with Crippen LogP contribution in [0.5, 0.6) is 0 Å². The van der Waals surface area contributed by atoms with E-state index < -0.39 is 0 Å². The Bertz CT molecular complexity index is 95.7. The number of hydrogen-bond acceptors (Lipinski definition) is 1. The molecule has 1 nitrogen and oxygen atoms in total. The number of rotatable bonds is 1. The van der Waals surface area contributed by atoms with Crippen molar-refractivity contribution >= 4 is 23.1 Å². The van der Waals surface area contributed by atoms with E-state index in [1.54, 1.807) is 0 Å². The van der Waals surface area contributed by atoms with Crippen LogP contribution in [0.3, 0.4) is 0 Å². The molecule has 11 heavy (non-hydrogen) atoms. The SMILES string of the molecule is [CH-]1CCN(C2CC2)CC1.[CH3-].[Mg+2]. The van der Waals surface area contributed by atoms with E-state index in [4.69, 9.17) is 0 Å². The largest absolute Gasteiger partial charge is 2.00 e. The molecule has 0 bridgehead atoms. The minimum absolute atomic E-state index is 0. The van der Waals surface area contributed by atoms with E-state index in [1.165, 1.54) is 38.8 Å². The van der Waals surface area contributed by atoms with E-state index in [-0.39, 0.29) is 30.5 Å². The molecule has 0 aromatic carbocycles. The molecule has 0 aromatic heterocycles. The normalized spacial score (nSPS) is 25.1. The third-order valence-corrected chi connectivity index (χ3v) is 2.30. The Morgan fingerprint density at radius 2 is 1.64 bits per heavy atom. The number of hydrogen-bond donors (Lipinski definition) is 0. The maximum Gasteiger partial charge on any atom is 2.00 e. The second-order valence-electron chi connectivity index (χ2n) is 3.13. The van der Waals surface area contributed by atoms with Crippen LogP contribution in [-0.2, 0) is 0 Å². The van der Waals surface area contributed by atoms with Crippen LogP contribution < -0.4 is 0 Å². The van der Waals surface area contributed by atoms with Crippen molar-refractivity contribution in [3.63, 3.8) is 0 Å². The van der Waals surface area contributed by atoms with Gasteiger partial charge in [-0.1, -0.05) is 0 Å². The van der Waals surface area contributed by atoms with Crippen molar-refractivity contribution in [2.75, 3.05) is 13.1 Å². The van der Waals surface area contributed by atoms with Crippen molar-refractivity contribution < 1.29 is 0 Å². The molecule has 2 rings (SSSR count). The Morgan fingerprint density at radius 1 is 1.09 bits per heavy atom. The first kappa shape index (κ1) is 11.7. The van der Waals surface area contributed by atoms with Gasteiger partial charge in [-0.3, -0.25) is 0 Å². The Morgan fingerprint density at radius 3 is 2.09 bits per heavy atom. The molecule has 1 aliphatic carbocycles. The van der Waals surface area contributed by atoms with Gasteiger partial charge in [-0.25, -0.2) is 0 Å². The molecule has 60 valence electrons. The van der Waals surface area contributed by atoms with Crippen molar-refractivity contribution in [1.82, 2.24) is 4.90 Å². The Labute approximate surface area is 86.7 Å². The van der Waals surface area contributed by atoms with Crippen LogP contribution in [0.15, 0.2) is 0 Å². The average molecular weight is 164 g/mol. The smallest absolute Gasteiger partial charge is 0.358 e. The summed E-state index contributed by atoms with van der Waals surface area (Å²) in [6, 6.07) is 0.999. The molecule has 0 unspecified atom stereocenters. The molecule has 1 saturated carbocycles. The van der Waals surface area contributed by atoms with Crippen LogP contribution >= 0.6 is 0 Å². The maximum absolute atomic E-state index is 2.64. The second-order valence-corrected chi connectivity index (χ2v) is 3.13. The van der Waals surface area contributed by atoms with Gasteiger partial charge < -0.3 is 18.7 Å². The van der Waals surface area contributed by atoms with Gasteiger partial charge in [0.05, 0.1) is 0 Å². The third kappa shape index (κ3) is 3.30. The molecule has 2 aliphatic rings. The maximum atomic E-state index is 2.64. The van der Waals surface area contributed by atoms with E-state index in [2.05, 4.69) is 11.3 Å². The Balaban J connectivity index is 0.000000500. The van der Waals surface area contributed by atoms with Crippen molar-refractivity contribution in [2.45, 2.75) is 31.7 Å². The summed E-state index contributed by atoms with van der Waals surface area (Å²) in [5.74, 6) is 0. The molecule has 2 heteroatoms. The Hall–Kier alpha value is 0.726. The van der Waals surface area contributed by atoms with Crippen molar-refractivity contribution in [2.24, 2.45) is 0 Å². The van der Waals surface area contributed by atoms with Gasteiger partial charge >= 0.3 is 23.1 Å². The van der Waals surface area contributed by atoms with E-state index >= 15 is 0 Å².